The van der Waals surface area contributed by atoms with Crippen molar-refractivity contribution in [2.75, 3.05) is 33.9 Å². The molecule has 2 unspecified atom stereocenters. The number of aryl methyl sites for hydroxylation is 2. The zero-order chi connectivity index (χ0) is 16.0. The van der Waals surface area contributed by atoms with Crippen LogP contribution in [0.2, 0.25) is 0 Å². The molecule has 1 heterocycles. The van der Waals surface area contributed by atoms with Gasteiger partial charge in [-0.2, -0.15) is 5.10 Å². The van der Waals surface area contributed by atoms with Crippen molar-refractivity contribution in [3.05, 3.63) is 11.3 Å². The summed E-state index contributed by atoms with van der Waals surface area (Å²) in [6, 6.07) is 0.497. The Morgan fingerprint density at radius 1 is 1.38 bits per heavy atom. The first kappa shape index (κ1) is 17.9. The van der Waals surface area contributed by atoms with E-state index < -0.39 is 0 Å². The summed E-state index contributed by atoms with van der Waals surface area (Å²) in [4.78, 5) is 2.38. The third kappa shape index (κ3) is 3.96. The summed E-state index contributed by atoms with van der Waals surface area (Å²) in [6.45, 7) is 8.46. The Balaban J connectivity index is 3.18. The number of hydrogen-bond acceptors (Lipinski definition) is 5. The summed E-state index contributed by atoms with van der Waals surface area (Å²) in [5.41, 5.74) is 8.15. The Morgan fingerprint density at radius 3 is 2.52 bits per heavy atom. The van der Waals surface area contributed by atoms with Crippen LogP contribution in [0, 0.1) is 6.92 Å². The molecule has 0 saturated heterocycles. The quantitative estimate of drug-likeness (QED) is 0.748. The number of rotatable bonds is 9. The molecule has 6 nitrogen and oxygen atoms in total. The lowest BCUT2D eigenvalue weighted by molar-refractivity contribution is 0.0888. The molecular formula is C15H30N4O2. The first-order chi connectivity index (χ1) is 10.0. The van der Waals surface area contributed by atoms with Gasteiger partial charge in [0.15, 0.2) is 0 Å². The standard InChI is InChI=1S/C15H30N4O2/c1-7-11(2)19(8-9-20-5)13(10-16)14-12(3)17-18(4)15(14)21-6/h11,13H,7-10,16H2,1-6H3. The van der Waals surface area contributed by atoms with E-state index in [1.165, 1.54) is 0 Å². The number of methoxy groups -OCH3 is 2. The van der Waals surface area contributed by atoms with E-state index in [1.807, 2.05) is 14.0 Å². The normalized spacial score (nSPS) is 14.5. The van der Waals surface area contributed by atoms with Crippen LogP contribution in [0.5, 0.6) is 5.88 Å². The van der Waals surface area contributed by atoms with E-state index >= 15 is 0 Å². The first-order valence-electron chi connectivity index (χ1n) is 7.53. The smallest absolute Gasteiger partial charge is 0.216 e. The van der Waals surface area contributed by atoms with Crippen LogP contribution in [0.25, 0.3) is 0 Å². The molecule has 0 amide bonds. The molecule has 1 rings (SSSR count). The minimum atomic E-state index is 0.0822. The van der Waals surface area contributed by atoms with Crippen molar-refractivity contribution in [1.29, 1.82) is 0 Å². The maximum atomic E-state index is 6.10. The van der Waals surface area contributed by atoms with Gasteiger partial charge in [-0.1, -0.05) is 6.92 Å². The highest BCUT2D eigenvalue weighted by Gasteiger charge is 2.29. The van der Waals surface area contributed by atoms with Crippen LogP contribution in [0.15, 0.2) is 0 Å². The maximum absolute atomic E-state index is 6.10. The summed E-state index contributed by atoms with van der Waals surface area (Å²) >= 11 is 0. The number of nitrogens with two attached hydrogens (primary N) is 1. The second-order valence-corrected chi connectivity index (χ2v) is 5.37. The number of nitrogens with zero attached hydrogens (tertiary/aromatic N) is 3. The molecule has 0 saturated carbocycles. The van der Waals surface area contributed by atoms with Gasteiger partial charge in [0.2, 0.25) is 5.88 Å². The highest BCUT2D eigenvalue weighted by Crippen LogP contribution is 2.32. The van der Waals surface area contributed by atoms with E-state index in [2.05, 4.69) is 23.8 Å². The molecule has 6 heteroatoms. The summed E-state index contributed by atoms with van der Waals surface area (Å²) in [6.07, 6.45) is 1.06. The molecular weight excluding hydrogens is 268 g/mol. The molecule has 0 aliphatic rings. The van der Waals surface area contributed by atoms with E-state index in [0.29, 0.717) is 19.2 Å². The minimum Gasteiger partial charge on any atom is -0.481 e. The molecule has 0 aliphatic carbocycles. The Labute approximate surface area is 128 Å². The Morgan fingerprint density at radius 2 is 2.05 bits per heavy atom. The molecule has 1 aromatic rings. The summed E-state index contributed by atoms with van der Waals surface area (Å²) in [7, 11) is 5.30. The van der Waals surface area contributed by atoms with Gasteiger partial charge in [0.1, 0.15) is 0 Å². The fourth-order valence-electron chi connectivity index (χ4n) is 2.81. The summed E-state index contributed by atoms with van der Waals surface area (Å²) < 4.78 is 12.6. The van der Waals surface area contributed by atoms with Crippen molar-refractivity contribution in [1.82, 2.24) is 14.7 Å². The number of aromatic nitrogens is 2. The Bertz CT molecular complexity index is 434. The second-order valence-electron chi connectivity index (χ2n) is 5.37. The van der Waals surface area contributed by atoms with Crippen LogP contribution in [0.4, 0.5) is 0 Å². The molecule has 2 atom stereocenters. The van der Waals surface area contributed by atoms with Crippen LogP contribution in [0.3, 0.4) is 0 Å². The zero-order valence-electron chi connectivity index (χ0n) is 14.2. The van der Waals surface area contributed by atoms with Crippen LogP contribution in [-0.2, 0) is 11.8 Å². The molecule has 0 fully saturated rings. The maximum Gasteiger partial charge on any atom is 0.216 e. The number of hydrogen-bond donors (Lipinski definition) is 1. The average molecular weight is 298 g/mol. The van der Waals surface area contributed by atoms with Crippen molar-refractivity contribution in [3.63, 3.8) is 0 Å². The van der Waals surface area contributed by atoms with Gasteiger partial charge in [-0.25, -0.2) is 4.68 Å². The third-order valence-electron chi connectivity index (χ3n) is 4.07. The van der Waals surface area contributed by atoms with Crippen molar-refractivity contribution in [2.45, 2.75) is 39.3 Å². The van der Waals surface area contributed by atoms with Crippen LogP contribution in [0.1, 0.15) is 37.6 Å². The monoisotopic (exact) mass is 298 g/mol. The van der Waals surface area contributed by atoms with E-state index in [1.54, 1.807) is 18.9 Å². The van der Waals surface area contributed by atoms with Gasteiger partial charge in [-0.15, -0.1) is 0 Å². The lowest BCUT2D eigenvalue weighted by Gasteiger charge is -2.35. The molecule has 0 spiro atoms. The van der Waals surface area contributed by atoms with Crippen LogP contribution < -0.4 is 10.5 Å². The van der Waals surface area contributed by atoms with Crippen molar-refractivity contribution in [2.24, 2.45) is 12.8 Å². The van der Waals surface area contributed by atoms with Gasteiger partial charge in [-0.3, -0.25) is 4.90 Å². The fraction of sp³-hybridized carbons (Fsp3) is 0.800. The van der Waals surface area contributed by atoms with E-state index in [4.69, 9.17) is 15.2 Å². The average Bonchev–Trinajstić information content (AvgIpc) is 2.76. The molecule has 122 valence electrons. The van der Waals surface area contributed by atoms with E-state index in [-0.39, 0.29) is 6.04 Å². The molecule has 0 aliphatic heterocycles. The lowest BCUT2D eigenvalue weighted by Crippen LogP contribution is -2.42. The molecule has 0 aromatic carbocycles. The fourth-order valence-corrected chi connectivity index (χ4v) is 2.81. The second kappa shape index (κ2) is 8.36. The van der Waals surface area contributed by atoms with Crippen molar-refractivity contribution < 1.29 is 9.47 Å². The number of ether oxygens (including phenoxy) is 2. The summed E-state index contributed by atoms with van der Waals surface area (Å²) in [5, 5.41) is 4.48. The van der Waals surface area contributed by atoms with Gasteiger partial charge in [-0.05, 0) is 20.3 Å². The van der Waals surface area contributed by atoms with Gasteiger partial charge in [0.25, 0.3) is 0 Å². The molecule has 0 radical (unpaired) electrons. The minimum absolute atomic E-state index is 0.0822. The van der Waals surface area contributed by atoms with Crippen LogP contribution in [-0.4, -0.2) is 54.6 Å². The highest BCUT2D eigenvalue weighted by molar-refractivity contribution is 5.34. The SMILES string of the molecule is CCC(C)N(CCOC)C(CN)c1c(C)nn(C)c1OC. The van der Waals surface area contributed by atoms with Gasteiger partial charge in [0.05, 0.1) is 31.0 Å². The van der Waals surface area contributed by atoms with Crippen molar-refractivity contribution in [3.8, 4) is 5.88 Å². The predicted molar refractivity (Wildman–Crippen MR) is 84.6 cm³/mol. The largest absolute Gasteiger partial charge is 0.481 e. The third-order valence-corrected chi connectivity index (χ3v) is 4.07. The van der Waals surface area contributed by atoms with Crippen LogP contribution >= 0.6 is 0 Å². The van der Waals surface area contributed by atoms with Crippen molar-refractivity contribution >= 4 is 0 Å². The van der Waals surface area contributed by atoms with Gasteiger partial charge in [0, 0.05) is 33.3 Å². The lowest BCUT2D eigenvalue weighted by atomic mass is 10.0. The summed E-state index contributed by atoms with van der Waals surface area (Å²) in [5.74, 6) is 0.786. The van der Waals surface area contributed by atoms with E-state index in [9.17, 15) is 0 Å². The van der Waals surface area contributed by atoms with E-state index in [0.717, 1.165) is 30.1 Å². The Kier molecular flexibility index (Phi) is 7.14. The zero-order valence-corrected chi connectivity index (χ0v) is 14.2. The molecule has 1 aromatic heterocycles. The molecule has 2 N–H and O–H groups in total. The first-order valence-corrected chi connectivity index (χ1v) is 7.53. The molecule has 21 heavy (non-hydrogen) atoms. The predicted octanol–water partition coefficient (Wildman–Crippen LogP) is 1.48. The molecule has 0 bridgehead atoms. The van der Waals surface area contributed by atoms with Gasteiger partial charge >= 0.3 is 0 Å². The van der Waals surface area contributed by atoms with Gasteiger partial charge < -0.3 is 15.2 Å². The Hall–Kier alpha value is -1.11. The highest BCUT2D eigenvalue weighted by atomic mass is 16.5. The topological polar surface area (TPSA) is 65.5 Å².